The van der Waals surface area contributed by atoms with Crippen LogP contribution in [-0.4, -0.2) is 29.9 Å². The van der Waals surface area contributed by atoms with Crippen LogP contribution in [0, 0.1) is 0 Å². The zero-order valence-electron chi connectivity index (χ0n) is 29.4. The third-order valence-electron chi connectivity index (χ3n) is 11.8. The van der Waals surface area contributed by atoms with Crippen molar-refractivity contribution in [2.75, 3.05) is 0 Å². The molecule has 0 atom stereocenters. The molecule has 8 bridgehead atoms. The number of nitrogens with zero attached hydrogens (tertiary/aromatic N) is 8. The van der Waals surface area contributed by atoms with Crippen molar-refractivity contribution in [3.05, 3.63) is 96.1 Å². The van der Waals surface area contributed by atoms with Gasteiger partial charge >= 0.3 is 21.0 Å². The number of aromatic nitrogens is 8. The van der Waals surface area contributed by atoms with Crippen molar-refractivity contribution in [1.29, 1.82) is 0 Å². The van der Waals surface area contributed by atoms with E-state index in [1.54, 1.807) is 0 Å². The monoisotopic (exact) mass is 695 g/mol. The summed E-state index contributed by atoms with van der Waals surface area (Å²) in [6.45, 7) is 17.4. The van der Waals surface area contributed by atoms with Crippen molar-refractivity contribution in [3.8, 4) is 0 Å². The molecule has 2 aliphatic rings. The van der Waals surface area contributed by atoms with Gasteiger partial charge in [0.2, 0.25) is 0 Å². The zero-order valence-corrected chi connectivity index (χ0v) is 30.8. The molecule has 9 rings (SSSR count). The van der Waals surface area contributed by atoms with Crippen LogP contribution < -0.4 is 9.97 Å². The Hall–Kier alpha value is -4.86. The molecular weight excluding hydrogens is 659 g/mol. The van der Waals surface area contributed by atoms with Gasteiger partial charge < -0.3 is 29.9 Å². The van der Waals surface area contributed by atoms with Gasteiger partial charge in [-0.05, 0) is 32.3 Å². The topological polar surface area (TPSA) is 123 Å². The Kier molecular flexibility index (Phi) is 7.00. The first-order chi connectivity index (χ1) is 23.8. The second-order valence-corrected chi connectivity index (χ2v) is 15.4. The number of fused-ring (bicyclic) bond motifs is 18. The van der Waals surface area contributed by atoms with Crippen LogP contribution in [0.25, 0.3) is 65.7 Å². The molecule has 0 N–H and O–H groups in total. The van der Waals surface area contributed by atoms with Crippen LogP contribution in [0.1, 0.15) is 78.7 Å². The number of hydrogen-bond donors (Lipinski definition) is 0. The van der Waals surface area contributed by atoms with Gasteiger partial charge in [-0.25, -0.2) is 0 Å². The van der Waals surface area contributed by atoms with Crippen molar-refractivity contribution in [2.24, 2.45) is 0 Å². The minimum absolute atomic E-state index is 0.456. The summed E-state index contributed by atoms with van der Waals surface area (Å²) in [4.78, 5) is 41.6. The van der Waals surface area contributed by atoms with Crippen molar-refractivity contribution in [3.63, 3.8) is 0 Å². The van der Waals surface area contributed by atoms with Gasteiger partial charge in [0.05, 0.1) is 23.3 Å². The van der Waals surface area contributed by atoms with E-state index in [9.17, 15) is 0 Å². The third kappa shape index (κ3) is 4.32. The SMILES string of the molecule is CC1(C)c2nc(nc3[n-]c(nc4nc(nc5[n-]c(n2)c2ccc6ccccc6c52)C(C)(C)C4(C)C)c2ccc4ccccc4c32)C1(C)C.[O]=[V+2]. The van der Waals surface area contributed by atoms with Gasteiger partial charge in [-0.3, -0.25) is 9.97 Å². The van der Waals surface area contributed by atoms with Crippen LogP contribution in [0.5, 0.6) is 0 Å². The summed E-state index contributed by atoms with van der Waals surface area (Å²) in [5, 5.41) is 8.18. The summed E-state index contributed by atoms with van der Waals surface area (Å²) in [7, 11) is 0. The van der Waals surface area contributed by atoms with Gasteiger partial charge in [0, 0.05) is 55.0 Å². The second kappa shape index (κ2) is 10.8. The molecule has 10 heteroatoms. The summed E-state index contributed by atoms with van der Waals surface area (Å²) in [6.07, 6.45) is 0. The Labute approximate surface area is 298 Å². The number of hydrogen-bond acceptors (Lipinski definition) is 7. The molecule has 5 heterocycles. The molecule has 0 aliphatic carbocycles. The Morgan fingerprint density at radius 3 is 1.08 bits per heavy atom. The normalized spacial score (nSPS) is 17.2. The molecule has 0 radical (unpaired) electrons. The van der Waals surface area contributed by atoms with E-state index in [4.69, 9.17) is 43.5 Å². The molecule has 4 aromatic carbocycles. The van der Waals surface area contributed by atoms with Crippen LogP contribution in [0.4, 0.5) is 0 Å². The van der Waals surface area contributed by atoms with Crippen LogP contribution >= 0.6 is 0 Å². The molecule has 7 aromatic rings. The standard InChI is InChI=1S/C40H36N8.O.V/c1-37(2)33-43-29-25-19-17-21-13-9-11-15-23(21)27(25)32(41-29)46-36-40(7,8)38(3,4)34(48-36)44-30-26-20-18-22-14-10-12-16-24(22)28(26)31(42-30)45-35(47-33)39(37,5)6;;/h9-20H,1-8H3;;/q-2;;+2. The van der Waals surface area contributed by atoms with E-state index in [-0.39, 0.29) is 0 Å². The molecule has 247 valence electrons. The second-order valence-electron chi connectivity index (χ2n) is 15.4. The maximum atomic E-state index is 8.19. The summed E-state index contributed by atoms with van der Waals surface area (Å²) < 4.78 is 8.19. The predicted octanol–water partition coefficient (Wildman–Crippen LogP) is 8.16. The average molecular weight is 696 g/mol. The Morgan fingerprint density at radius 2 is 0.720 bits per heavy atom. The summed E-state index contributed by atoms with van der Waals surface area (Å²) in [5.41, 5.74) is 0.573. The summed E-state index contributed by atoms with van der Waals surface area (Å²) in [6, 6.07) is 25.2. The fourth-order valence-electron chi connectivity index (χ4n) is 7.10. The van der Waals surface area contributed by atoms with E-state index in [0.29, 0.717) is 45.9 Å². The first kappa shape index (κ1) is 32.4. The number of rotatable bonds is 0. The Bertz CT molecular complexity index is 2540. The average Bonchev–Trinajstić information content (AvgIpc) is 3.73. The molecule has 0 saturated carbocycles. The number of benzene rings is 4. The van der Waals surface area contributed by atoms with Gasteiger partial charge in [-0.15, -0.1) is 0 Å². The fourth-order valence-corrected chi connectivity index (χ4v) is 7.10. The molecule has 0 fully saturated rings. The van der Waals surface area contributed by atoms with E-state index in [1.807, 2.05) is 0 Å². The quantitative estimate of drug-likeness (QED) is 0.155. The van der Waals surface area contributed by atoms with Gasteiger partial charge in [0.1, 0.15) is 0 Å². The van der Waals surface area contributed by atoms with Crippen LogP contribution in [0.15, 0.2) is 72.8 Å². The van der Waals surface area contributed by atoms with Crippen molar-refractivity contribution >= 4 is 65.7 Å². The molecular formula is C40H36N8OV. The summed E-state index contributed by atoms with van der Waals surface area (Å²) in [5.74, 6) is 2.72. The van der Waals surface area contributed by atoms with Crippen molar-refractivity contribution < 1.29 is 21.0 Å². The first-order valence-corrected chi connectivity index (χ1v) is 17.3. The minimum atomic E-state index is -0.458. The summed E-state index contributed by atoms with van der Waals surface area (Å²) >= 11 is 1.06. The molecule has 3 aromatic heterocycles. The van der Waals surface area contributed by atoms with Crippen LogP contribution in [-0.2, 0) is 42.7 Å². The van der Waals surface area contributed by atoms with Crippen LogP contribution in [0.2, 0.25) is 0 Å². The molecule has 0 spiro atoms. The van der Waals surface area contributed by atoms with E-state index >= 15 is 0 Å². The molecule has 2 aliphatic heterocycles. The predicted molar refractivity (Wildman–Crippen MR) is 193 cm³/mol. The van der Waals surface area contributed by atoms with Gasteiger partial charge in [-0.2, -0.15) is 0 Å². The van der Waals surface area contributed by atoms with Crippen molar-refractivity contribution in [1.82, 2.24) is 39.9 Å². The van der Waals surface area contributed by atoms with Gasteiger partial charge in [0.15, 0.2) is 0 Å². The molecule has 0 saturated heterocycles. The maximum absolute atomic E-state index is 8.19. The van der Waals surface area contributed by atoms with Crippen molar-refractivity contribution in [2.45, 2.75) is 77.0 Å². The Morgan fingerprint density at radius 1 is 0.400 bits per heavy atom. The van der Waals surface area contributed by atoms with E-state index in [2.05, 4.69) is 128 Å². The molecule has 9 nitrogen and oxygen atoms in total. The molecule has 0 unspecified atom stereocenters. The van der Waals surface area contributed by atoms with Crippen LogP contribution in [0.3, 0.4) is 0 Å². The van der Waals surface area contributed by atoms with E-state index in [1.165, 1.54) is 0 Å². The third-order valence-corrected chi connectivity index (χ3v) is 11.8. The fraction of sp³-hybridized carbons (Fsp3) is 0.300. The Balaban J connectivity index is 0.00000177. The van der Waals surface area contributed by atoms with E-state index < -0.39 is 21.7 Å². The van der Waals surface area contributed by atoms with Gasteiger partial charge in [-0.1, -0.05) is 128 Å². The molecule has 0 amide bonds. The zero-order chi connectivity index (χ0) is 35.4. The molecule has 50 heavy (non-hydrogen) atoms. The van der Waals surface area contributed by atoms with Gasteiger partial charge in [0.25, 0.3) is 0 Å². The first-order valence-electron chi connectivity index (χ1n) is 16.7. The van der Waals surface area contributed by atoms with E-state index in [0.717, 1.165) is 60.5 Å².